The molecule has 1 fully saturated rings. The number of hydrogen-bond donors (Lipinski definition) is 1. The first-order valence-electron chi connectivity index (χ1n) is 8.48. The van der Waals surface area contributed by atoms with Gasteiger partial charge in [0, 0.05) is 45.8 Å². The number of nitrogens with zero attached hydrogens (tertiary/aromatic N) is 4. The Labute approximate surface area is 144 Å². The van der Waals surface area contributed by atoms with Gasteiger partial charge < -0.3 is 19.6 Å². The molecule has 1 aliphatic heterocycles. The van der Waals surface area contributed by atoms with Crippen molar-refractivity contribution in [2.75, 3.05) is 66.5 Å². The van der Waals surface area contributed by atoms with Crippen LogP contribution in [0.25, 0.3) is 0 Å². The maximum Gasteiger partial charge on any atom is 0.137 e. The summed E-state index contributed by atoms with van der Waals surface area (Å²) in [6, 6.07) is 9.37. The number of piperazine rings is 1. The lowest BCUT2D eigenvalue weighted by molar-refractivity contribution is 0.0582. The molecule has 1 aromatic carbocycles. The van der Waals surface area contributed by atoms with Gasteiger partial charge in [0.2, 0.25) is 0 Å². The lowest BCUT2D eigenvalue weighted by atomic mass is 10.2. The number of ether oxygens (including phenoxy) is 1. The zero-order valence-corrected chi connectivity index (χ0v) is 14.7. The predicted molar refractivity (Wildman–Crippen MR) is 94.1 cm³/mol. The Bertz CT molecular complexity index is 538. The molecule has 6 heteroatoms. The number of para-hydroxylation sites is 1. The molecule has 1 aliphatic rings. The van der Waals surface area contributed by atoms with Crippen LogP contribution in [0, 0.1) is 11.3 Å². The number of rotatable bonds is 8. The van der Waals surface area contributed by atoms with Gasteiger partial charge in [0.1, 0.15) is 18.4 Å². The third kappa shape index (κ3) is 6.10. The standard InChI is InChI=1S/C18H28N4O2/c1-20-7-9-22(10-8-20)15-17(23)14-21(2)11-12-24-18-6-4-3-5-16(18)13-19/h3-6,17,23H,7-12,14-15H2,1-2H3. The molecule has 24 heavy (non-hydrogen) atoms. The van der Waals surface area contributed by atoms with E-state index in [9.17, 15) is 5.11 Å². The largest absolute Gasteiger partial charge is 0.491 e. The summed E-state index contributed by atoms with van der Waals surface area (Å²) in [5.41, 5.74) is 0.551. The van der Waals surface area contributed by atoms with Crippen LogP contribution in [0.15, 0.2) is 24.3 Å². The van der Waals surface area contributed by atoms with Crippen molar-refractivity contribution in [1.82, 2.24) is 14.7 Å². The van der Waals surface area contributed by atoms with E-state index >= 15 is 0 Å². The fourth-order valence-corrected chi connectivity index (χ4v) is 2.83. The summed E-state index contributed by atoms with van der Waals surface area (Å²) >= 11 is 0. The maximum atomic E-state index is 10.3. The second-order valence-corrected chi connectivity index (χ2v) is 6.48. The monoisotopic (exact) mass is 332 g/mol. The van der Waals surface area contributed by atoms with Crippen molar-refractivity contribution in [2.24, 2.45) is 0 Å². The molecule has 1 atom stereocenters. The van der Waals surface area contributed by atoms with Crippen molar-refractivity contribution in [1.29, 1.82) is 5.26 Å². The van der Waals surface area contributed by atoms with E-state index in [1.165, 1.54) is 0 Å². The van der Waals surface area contributed by atoms with Gasteiger partial charge in [-0.3, -0.25) is 4.90 Å². The molecule has 6 nitrogen and oxygen atoms in total. The lowest BCUT2D eigenvalue weighted by Crippen LogP contribution is -2.48. The van der Waals surface area contributed by atoms with E-state index in [0.717, 1.165) is 32.7 Å². The summed E-state index contributed by atoms with van der Waals surface area (Å²) in [6.07, 6.45) is -0.357. The molecule has 132 valence electrons. The molecule has 0 amide bonds. The van der Waals surface area contributed by atoms with Gasteiger partial charge in [-0.05, 0) is 26.2 Å². The van der Waals surface area contributed by atoms with Crippen molar-refractivity contribution in [3.63, 3.8) is 0 Å². The molecular formula is C18H28N4O2. The smallest absolute Gasteiger partial charge is 0.137 e. The molecule has 0 saturated carbocycles. The molecule has 2 rings (SSSR count). The molecule has 1 N–H and O–H groups in total. The quantitative estimate of drug-likeness (QED) is 0.747. The van der Waals surface area contributed by atoms with Crippen LogP contribution in [0.3, 0.4) is 0 Å². The van der Waals surface area contributed by atoms with Crippen LogP contribution < -0.4 is 4.74 Å². The fourth-order valence-electron chi connectivity index (χ4n) is 2.83. The summed E-state index contributed by atoms with van der Waals surface area (Å²) in [5, 5.41) is 19.3. The third-order valence-electron chi connectivity index (χ3n) is 4.33. The Balaban J connectivity index is 1.65. The minimum atomic E-state index is -0.357. The molecule has 0 radical (unpaired) electrons. The predicted octanol–water partition coefficient (Wildman–Crippen LogP) is 0.477. The van der Waals surface area contributed by atoms with Crippen molar-refractivity contribution in [3.05, 3.63) is 29.8 Å². The zero-order chi connectivity index (χ0) is 17.4. The van der Waals surface area contributed by atoms with E-state index in [2.05, 4.69) is 27.8 Å². The Morgan fingerprint density at radius 3 is 2.71 bits per heavy atom. The average Bonchev–Trinajstić information content (AvgIpc) is 2.57. The first kappa shape index (κ1) is 18.7. The summed E-state index contributed by atoms with van der Waals surface area (Å²) in [6.45, 7) is 6.71. The molecule has 1 saturated heterocycles. The normalized spacial score (nSPS) is 17.6. The Morgan fingerprint density at radius 1 is 1.29 bits per heavy atom. The molecule has 0 spiro atoms. The highest BCUT2D eigenvalue weighted by molar-refractivity contribution is 5.42. The second kappa shape index (κ2) is 9.60. The van der Waals surface area contributed by atoms with Gasteiger partial charge in [-0.25, -0.2) is 0 Å². The highest BCUT2D eigenvalue weighted by atomic mass is 16.5. The van der Waals surface area contributed by atoms with E-state index in [1.807, 2.05) is 19.2 Å². The van der Waals surface area contributed by atoms with Crippen molar-refractivity contribution >= 4 is 0 Å². The number of nitriles is 1. The van der Waals surface area contributed by atoms with Crippen LogP contribution in [-0.2, 0) is 0 Å². The van der Waals surface area contributed by atoms with Gasteiger partial charge in [-0.1, -0.05) is 12.1 Å². The van der Waals surface area contributed by atoms with Gasteiger partial charge in [0.15, 0.2) is 0 Å². The van der Waals surface area contributed by atoms with E-state index in [1.54, 1.807) is 12.1 Å². The lowest BCUT2D eigenvalue weighted by Gasteiger charge is -2.34. The highest BCUT2D eigenvalue weighted by Gasteiger charge is 2.17. The zero-order valence-electron chi connectivity index (χ0n) is 14.7. The van der Waals surface area contributed by atoms with Crippen LogP contribution in [-0.4, -0.2) is 92.4 Å². The molecule has 1 unspecified atom stereocenters. The van der Waals surface area contributed by atoms with Crippen LogP contribution in [0.1, 0.15) is 5.56 Å². The van der Waals surface area contributed by atoms with Gasteiger partial charge in [-0.15, -0.1) is 0 Å². The van der Waals surface area contributed by atoms with E-state index in [4.69, 9.17) is 10.00 Å². The summed E-state index contributed by atoms with van der Waals surface area (Å²) < 4.78 is 5.68. The molecule has 1 aromatic rings. The SMILES string of the molecule is CN1CCN(CC(O)CN(C)CCOc2ccccc2C#N)CC1. The second-order valence-electron chi connectivity index (χ2n) is 6.48. The molecule has 0 aliphatic carbocycles. The summed E-state index contributed by atoms with van der Waals surface area (Å²) in [7, 11) is 4.11. The minimum Gasteiger partial charge on any atom is -0.491 e. The van der Waals surface area contributed by atoms with E-state index in [0.29, 0.717) is 31.0 Å². The van der Waals surface area contributed by atoms with E-state index in [-0.39, 0.29) is 6.10 Å². The van der Waals surface area contributed by atoms with Gasteiger partial charge in [0.25, 0.3) is 0 Å². The van der Waals surface area contributed by atoms with Crippen molar-refractivity contribution < 1.29 is 9.84 Å². The Morgan fingerprint density at radius 2 is 2.00 bits per heavy atom. The number of β-amino-alcohol motifs (C(OH)–C–C–N with tert-alkyl or cyclic N) is 1. The number of likely N-dealkylation sites (N-methyl/N-ethyl adjacent to an activating group) is 2. The van der Waals surface area contributed by atoms with Crippen LogP contribution in [0.2, 0.25) is 0 Å². The number of aliphatic hydroxyl groups is 1. The Kier molecular flexibility index (Phi) is 7.47. The molecule has 0 bridgehead atoms. The molecule has 0 aromatic heterocycles. The number of hydrogen-bond acceptors (Lipinski definition) is 6. The Hall–Kier alpha value is -1.65. The summed E-state index contributed by atoms with van der Waals surface area (Å²) in [5.74, 6) is 0.617. The minimum absolute atomic E-state index is 0.357. The first-order valence-corrected chi connectivity index (χ1v) is 8.48. The third-order valence-corrected chi connectivity index (χ3v) is 4.33. The highest BCUT2D eigenvalue weighted by Crippen LogP contribution is 2.16. The molecule has 1 heterocycles. The van der Waals surface area contributed by atoms with Gasteiger partial charge in [-0.2, -0.15) is 5.26 Å². The average molecular weight is 332 g/mol. The molecular weight excluding hydrogens is 304 g/mol. The number of benzene rings is 1. The van der Waals surface area contributed by atoms with Crippen molar-refractivity contribution in [2.45, 2.75) is 6.10 Å². The first-order chi connectivity index (χ1) is 11.6. The topological polar surface area (TPSA) is 63.0 Å². The maximum absolute atomic E-state index is 10.3. The van der Waals surface area contributed by atoms with E-state index < -0.39 is 0 Å². The van der Waals surface area contributed by atoms with Gasteiger partial charge in [0.05, 0.1) is 11.7 Å². The van der Waals surface area contributed by atoms with Crippen LogP contribution in [0.5, 0.6) is 5.75 Å². The van der Waals surface area contributed by atoms with Gasteiger partial charge >= 0.3 is 0 Å². The van der Waals surface area contributed by atoms with Crippen LogP contribution in [0.4, 0.5) is 0 Å². The summed E-state index contributed by atoms with van der Waals surface area (Å²) in [4.78, 5) is 6.69. The van der Waals surface area contributed by atoms with Crippen LogP contribution >= 0.6 is 0 Å². The van der Waals surface area contributed by atoms with Crippen molar-refractivity contribution in [3.8, 4) is 11.8 Å². The number of aliphatic hydroxyl groups excluding tert-OH is 1. The fraction of sp³-hybridized carbons (Fsp3) is 0.611.